The fraction of sp³-hybridized carbons (Fsp3) is 0.0625. The van der Waals surface area contributed by atoms with Crippen molar-refractivity contribution >= 4 is 144 Å². The van der Waals surface area contributed by atoms with E-state index in [4.69, 9.17) is 18.9 Å². The number of benzene rings is 15. The van der Waals surface area contributed by atoms with E-state index < -0.39 is 0 Å². The van der Waals surface area contributed by atoms with Crippen LogP contribution in [0.4, 0.5) is 51.2 Å². The first kappa shape index (κ1) is 63.1. The maximum Gasteiger partial charge on any atom is 0.247 e. The first-order valence-corrected chi connectivity index (χ1v) is 38.8. The van der Waals surface area contributed by atoms with Gasteiger partial charge >= 0.3 is 0 Å². The summed E-state index contributed by atoms with van der Waals surface area (Å²) in [5.74, 6) is 6.81. The normalized spacial score (nSPS) is 13.8. The molecule has 12 heteroatoms. The highest BCUT2D eigenvalue weighted by Gasteiger charge is 2.49. The molecule has 0 aliphatic carbocycles. The lowest BCUT2D eigenvalue weighted by atomic mass is 9.33. The molecule has 0 aromatic heterocycles. The molecule has 0 bridgehead atoms. The molecule has 510 valence electrons. The van der Waals surface area contributed by atoms with Crippen molar-refractivity contribution in [3.8, 4) is 79.4 Å². The van der Waals surface area contributed by atoms with Crippen LogP contribution in [0.15, 0.2) is 311 Å². The summed E-state index contributed by atoms with van der Waals surface area (Å²) in [6.45, 7) is 13.9. The van der Waals surface area contributed by atoms with Crippen LogP contribution in [0.5, 0.6) is 46.0 Å². The van der Waals surface area contributed by atoms with Crippen molar-refractivity contribution in [2.45, 2.75) is 61.1 Å². The summed E-state index contributed by atoms with van der Waals surface area (Å²) in [7, 11) is 0. The van der Waals surface area contributed by atoms with E-state index in [9.17, 15) is 0 Å². The first-order valence-electron chi connectivity index (χ1n) is 37.2. The van der Waals surface area contributed by atoms with Gasteiger partial charge in [-0.25, -0.2) is 0 Å². The van der Waals surface area contributed by atoms with Gasteiger partial charge in [0.25, 0.3) is 0 Å². The third-order valence-electron chi connectivity index (χ3n) is 23.0. The Bertz CT molecular complexity index is 5850. The van der Waals surface area contributed by atoms with Crippen molar-refractivity contribution in [2.24, 2.45) is 0 Å². The Labute approximate surface area is 638 Å². The Morgan fingerprint density at radius 1 is 0.222 bits per heavy atom. The molecule has 0 atom stereocenters. The second-order valence-electron chi connectivity index (χ2n) is 29.7. The Morgan fingerprint density at radius 3 is 0.852 bits per heavy atom. The SMILES string of the molecule is Cc1cc(C)c(B2c3cccc4c3N3c5c(cc(-c6ccccc6)cc5Oc5cccc2c53)O4)c(C)c1.Cc1cc(C)c(B2c3cccc4c3N3c5c(cc(-c6ccccc6)cc5Sc5cccc2c53)S4)c(C)c1.c1ccc(B2c3cccc4c3N3c5c(cc(-c6ccccc6)cc5Oc5cccc2c53)O4)cc1. The molecular formula is C96H66B3N3O4S2. The molecule has 24 rings (SSSR count). The summed E-state index contributed by atoms with van der Waals surface area (Å²) in [5.41, 5.74) is 37.5. The molecule has 9 aliphatic heterocycles. The van der Waals surface area contributed by atoms with Gasteiger partial charge in [-0.05, 0) is 180 Å². The van der Waals surface area contributed by atoms with Crippen molar-refractivity contribution in [2.75, 3.05) is 14.7 Å². The Morgan fingerprint density at radius 2 is 0.509 bits per heavy atom. The highest BCUT2D eigenvalue weighted by Crippen LogP contribution is 2.65. The monoisotopic (exact) mass is 1420 g/mol. The summed E-state index contributed by atoms with van der Waals surface area (Å²) < 4.78 is 26.5. The molecule has 0 saturated heterocycles. The zero-order valence-corrected chi connectivity index (χ0v) is 61.9. The van der Waals surface area contributed by atoms with Gasteiger partial charge in [-0.3, -0.25) is 9.80 Å². The minimum absolute atomic E-state index is 0.0978. The fourth-order valence-electron chi connectivity index (χ4n) is 19.0. The fourth-order valence-corrected chi connectivity index (χ4v) is 21.4. The van der Waals surface area contributed by atoms with Crippen LogP contribution in [-0.2, 0) is 0 Å². The van der Waals surface area contributed by atoms with Crippen molar-refractivity contribution < 1.29 is 18.9 Å². The van der Waals surface area contributed by atoms with Crippen molar-refractivity contribution in [1.29, 1.82) is 0 Å². The number of hydrogen-bond acceptors (Lipinski definition) is 9. The number of anilines is 9. The maximum atomic E-state index is 6.65. The third-order valence-corrected chi connectivity index (χ3v) is 25.2. The zero-order chi connectivity index (χ0) is 71.9. The molecule has 15 aromatic carbocycles. The zero-order valence-electron chi connectivity index (χ0n) is 60.2. The molecule has 0 spiro atoms. The predicted molar refractivity (Wildman–Crippen MR) is 450 cm³/mol. The molecule has 0 fully saturated rings. The number of aryl methyl sites for hydroxylation is 6. The number of ether oxygens (including phenoxy) is 4. The van der Waals surface area contributed by atoms with Crippen molar-refractivity contribution in [3.05, 3.63) is 325 Å². The van der Waals surface area contributed by atoms with Crippen LogP contribution in [0, 0.1) is 41.5 Å². The summed E-state index contributed by atoms with van der Waals surface area (Å²) in [4.78, 5) is 12.7. The van der Waals surface area contributed by atoms with E-state index in [1.807, 2.05) is 35.7 Å². The minimum Gasteiger partial charge on any atom is -0.453 e. The molecule has 7 nitrogen and oxygen atoms in total. The molecule has 0 amide bonds. The van der Waals surface area contributed by atoms with E-state index in [0.717, 1.165) is 102 Å². The summed E-state index contributed by atoms with van der Waals surface area (Å²) >= 11 is 3.86. The second-order valence-corrected chi connectivity index (χ2v) is 31.8. The van der Waals surface area contributed by atoms with Gasteiger partial charge in [-0.1, -0.05) is 292 Å². The van der Waals surface area contributed by atoms with Crippen LogP contribution in [0.1, 0.15) is 33.4 Å². The number of nitrogens with zero attached hydrogens (tertiary/aromatic N) is 3. The molecule has 108 heavy (non-hydrogen) atoms. The minimum atomic E-state index is 0.0978. The molecule has 9 heterocycles. The van der Waals surface area contributed by atoms with Gasteiger partial charge in [0.1, 0.15) is 11.4 Å². The van der Waals surface area contributed by atoms with Crippen LogP contribution in [-0.4, -0.2) is 20.1 Å². The molecule has 0 radical (unpaired) electrons. The number of para-hydroxylation sites is 6. The van der Waals surface area contributed by atoms with Crippen LogP contribution in [0.3, 0.4) is 0 Å². The Kier molecular flexibility index (Phi) is 14.1. The first-order chi connectivity index (χ1) is 53.0. The maximum absolute atomic E-state index is 6.65. The lowest BCUT2D eigenvalue weighted by Gasteiger charge is -2.45. The molecule has 15 aromatic rings. The van der Waals surface area contributed by atoms with E-state index >= 15 is 0 Å². The highest BCUT2D eigenvalue weighted by molar-refractivity contribution is 8.00. The van der Waals surface area contributed by atoms with Gasteiger partial charge in [0.05, 0.1) is 39.8 Å². The Hall–Kier alpha value is -12.2. The van der Waals surface area contributed by atoms with Crippen LogP contribution in [0.25, 0.3) is 33.4 Å². The van der Waals surface area contributed by atoms with Gasteiger partial charge in [-0.15, -0.1) is 0 Å². The molecule has 9 aliphatic rings. The standard InChI is InChI=1S/C33H24BNO2.C33H24BNS2.C30H18BNO2/c2*1-19-15-20(2)30(21(3)16-19)34-24-11-7-13-26-31(24)35-32-25(34)12-8-14-27(32)37-29-18-23(17-28(36-26)33(29)35)22-9-5-4-6-10-22;1-3-9-19(10-4-1)20-17-26-30-27(18-20)34-25-16-8-14-23-29(25)32(30)28-22(13-7-15-24(28)33-26)31(23)21-11-5-2-6-12-21/h2*4-18H,1-3H3;1-18H. The van der Waals surface area contributed by atoms with E-state index in [1.165, 1.54) is 130 Å². The van der Waals surface area contributed by atoms with Crippen LogP contribution >= 0.6 is 23.5 Å². The van der Waals surface area contributed by atoms with Gasteiger partial charge in [0, 0.05) is 19.6 Å². The van der Waals surface area contributed by atoms with Gasteiger partial charge < -0.3 is 23.8 Å². The molecule has 0 saturated carbocycles. The topological polar surface area (TPSA) is 46.6 Å². The average Bonchev–Trinajstić information content (AvgIpc) is 0.706. The van der Waals surface area contributed by atoms with Gasteiger partial charge in [0.15, 0.2) is 46.0 Å². The second kappa shape index (κ2) is 24.2. The molecule has 0 unspecified atom stereocenters. The largest absolute Gasteiger partial charge is 0.453 e. The van der Waals surface area contributed by atoms with Gasteiger partial charge in [0.2, 0.25) is 20.1 Å². The van der Waals surface area contributed by atoms with E-state index in [2.05, 4.69) is 335 Å². The summed E-state index contributed by atoms with van der Waals surface area (Å²) in [6, 6.07) is 104. The molecule has 0 N–H and O–H groups in total. The lowest BCUT2D eigenvalue weighted by molar-refractivity contribution is 0.446. The van der Waals surface area contributed by atoms with E-state index in [-0.39, 0.29) is 20.1 Å². The van der Waals surface area contributed by atoms with Crippen LogP contribution < -0.4 is 82.8 Å². The predicted octanol–water partition coefficient (Wildman–Crippen LogP) is 20.2. The number of rotatable bonds is 6. The van der Waals surface area contributed by atoms with E-state index in [1.54, 1.807) is 0 Å². The van der Waals surface area contributed by atoms with Crippen molar-refractivity contribution in [1.82, 2.24) is 0 Å². The summed E-state index contributed by atoms with van der Waals surface area (Å²) in [5, 5.41) is 0. The Balaban J connectivity index is 0.000000101. The number of hydrogen-bond donors (Lipinski definition) is 0. The third kappa shape index (κ3) is 9.49. The van der Waals surface area contributed by atoms with Gasteiger partial charge in [-0.2, -0.15) is 0 Å². The van der Waals surface area contributed by atoms with Crippen LogP contribution in [0.2, 0.25) is 0 Å². The lowest BCUT2D eigenvalue weighted by Crippen LogP contribution is -2.59. The highest BCUT2D eigenvalue weighted by atomic mass is 32.2. The van der Waals surface area contributed by atoms with Crippen molar-refractivity contribution in [3.63, 3.8) is 0 Å². The average molecular weight is 1420 g/mol. The quantitative estimate of drug-likeness (QED) is 0.152. The van der Waals surface area contributed by atoms with E-state index in [0.29, 0.717) is 0 Å². The summed E-state index contributed by atoms with van der Waals surface area (Å²) in [6.07, 6.45) is 0. The smallest absolute Gasteiger partial charge is 0.247 e. The molecular weight excluding hydrogens is 1360 g/mol.